The summed E-state index contributed by atoms with van der Waals surface area (Å²) in [5.74, 6) is -1.52. The van der Waals surface area contributed by atoms with Crippen LogP contribution < -0.4 is 0 Å². The molecule has 0 aromatic carbocycles. The van der Waals surface area contributed by atoms with Gasteiger partial charge in [0.15, 0.2) is 12.1 Å². The van der Waals surface area contributed by atoms with E-state index >= 15 is 0 Å². The van der Waals surface area contributed by atoms with Crippen LogP contribution in [0.3, 0.4) is 0 Å². The molecule has 0 bridgehead atoms. The average molecular weight is 691 g/mol. The van der Waals surface area contributed by atoms with Crippen molar-refractivity contribution in [3.05, 3.63) is 48.6 Å². The van der Waals surface area contributed by atoms with Gasteiger partial charge in [0.25, 0.3) is 0 Å². The Hall–Kier alpha value is -2.71. The third-order valence-corrected chi connectivity index (χ3v) is 8.34. The smallest absolute Gasteiger partial charge is 0.362 e. The summed E-state index contributed by atoms with van der Waals surface area (Å²) in [6.07, 6.45) is 35.8. The molecule has 0 radical (unpaired) electrons. The van der Waals surface area contributed by atoms with Gasteiger partial charge in [0, 0.05) is 19.3 Å². The molecule has 0 aromatic rings. The van der Waals surface area contributed by atoms with E-state index in [-0.39, 0.29) is 36.2 Å². The monoisotopic (exact) mass is 691 g/mol. The van der Waals surface area contributed by atoms with Crippen molar-refractivity contribution in [3.8, 4) is 0 Å². The van der Waals surface area contributed by atoms with Gasteiger partial charge < -0.3 is 23.8 Å². The van der Waals surface area contributed by atoms with Gasteiger partial charge in [-0.25, -0.2) is 4.79 Å². The maximum atomic E-state index is 12.6. The van der Waals surface area contributed by atoms with E-state index in [0.29, 0.717) is 19.3 Å². The summed E-state index contributed by atoms with van der Waals surface area (Å²) in [5, 5.41) is 9.58. The van der Waals surface area contributed by atoms with Crippen LogP contribution in [0.1, 0.15) is 142 Å². The lowest BCUT2D eigenvalue weighted by molar-refractivity contribution is -0.887. The predicted octanol–water partition coefficient (Wildman–Crippen LogP) is 9.68. The Morgan fingerprint density at radius 1 is 0.633 bits per heavy atom. The first-order valence-corrected chi connectivity index (χ1v) is 19.2. The third kappa shape index (κ3) is 31.0. The fourth-order valence-electron chi connectivity index (χ4n) is 5.34. The van der Waals surface area contributed by atoms with Gasteiger partial charge in [-0.2, -0.15) is 0 Å². The highest BCUT2D eigenvalue weighted by molar-refractivity contribution is 5.72. The van der Waals surface area contributed by atoms with Crippen LogP contribution in [0.15, 0.2) is 48.6 Å². The molecule has 49 heavy (non-hydrogen) atoms. The first-order valence-electron chi connectivity index (χ1n) is 19.2. The summed E-state index contributed by atoms with van der Waals surface area (Å²) in [6.45, 7) is 4.53. The molecule has 0 saturated carbocycles. The van der Waals surface area contributed by atoms with Gasteiger partial charge in [0.1, 0.15) is 6.61 Å². The minimum absolute atomic E-state index is 0.0486. The zero-order valence-electron chi connectivity index (χ0n) is 31.9. The maximum Gasteiger partial charge on any atom is 0.362 e. The summed E-state index contributed by atoms with van der Waals surface area (Å²) in [7, 11) is 5.50. The van der Waals surface area contributed by atoms with Crippen molar-refractivity contribution in [3.63, 3.8) is 0 Å². The molecule has 2 atom stereocenters. The number of rotatable bonds is 33. The average Bonchev–Trinajstić information content (AvgIpc) is 3.05. The van der Waals surface area contributed by atoms with E-state index < -0.39 is 18.1 Å². The number of ether oxygens (including phenoxy) is 3. The van der Waals surface area contributed by atoms with Crippen LogP contribution in [0.2, 0.25) is 0 Å². The van der Waals surface area contributed by atoms with Crippen molar-refractivity contribution in [2.75, 3.05) is 41.0 Å². The van der Waals surface area contributed by atoms with Gasteiger partial charge in [0.2, 0.25) is 0 Å². The van der Waals surface area contributed by atoms with Crippen LogP contribution in [0.25, 0.3) is 0 Å². The van der Waals surface area contributed by atoms with E-state index in [4.69, 9.17) is 14.2 Å². The van der Waals surface area contributed by atoms with E-state index in [2.05, 4.69) is 26.0 Å². The van der Waals surface area contributed by atoms with Crippen molar-refractivity contribution in [1.29, 1.82) is 0 Å². The molecule has 0 aliphatic rings. The highest BCUT2D eigenvalue weighted by Gasteiger charge is 2.31. The van der Waals surface area contributed by atoms with Gasteiger partial charge in [-0.1, -0.05) is 140 Å². The van der Waals surface area contributed by atoms with E-state index in [9.17, 15) is 19.5 Å². The molecule has 8 nitrogen and oxygen atoms in total. The van der Waals surface area contributed by atoms with Crippen molar-refractivity contribution in [2.45, 2.75) is 154 Å². The van der Waals surface area contributed by atoms with Gasteiger partial charge in [-0.15, -0.1) is 0 Å². The highest BCUT2D eigenvalue weighted by Crippen LogP contribution is 2.14. The lowest BCUT2D eigenvalue weighted by Crippen LogP contribution is -2.50. The molecule has 0 aliphatic carbocycles. The summed E-state index contributed by atoms with van der Waals surface area (Å²) < 4.78 is 17.2. The second-order valence-electron chi connectivity index (χ2n) is 13.9. The summed E-state index contributed by atoms with van der Waals surface area (Å²) in [6, 6.07) is -0.619. The lowest BCUT2D eigenvalue weighted by Gasteiger charge is -2.31. The number of hydrogen-bond donors (Lipinski definition) is 1. The van der Waals surface area contributed by atoms with Gasteiger partial charge >= 0.3 is 17.9 Å². The molecular formula is C41H72NO7+. The Morgan fingerprint density at radius 2 is 1.14 bits per heavy atom. The topological polar surface area (TPSA) is 99.1 Å². The number of quaternary nitrogens is 1. The molecule has 0 spiro atoms. The molecule has 0 rings (SSSR count). The quantitative estimate of drug-likeness (QED) is 0.0317. The van der Waals surface area contributed by atoms with Crippen LogP contribution in [0.5, 0.6) is 0 Å². The molecule has 0 amide bonds. The number of aliphatic carboxylic acids is 1. The van der Waals surface area contributed by atoms with E-state index in [1.807, 2.05) is 57.6 Å². The molecule has 282 valence electrons. The fourth-order valence-corrected chi connectivity index (χ4v) is 5.34. The molecule has 8 heteroatoms. The third-order valence-electron chi connectivity index (χ3n) is 8.34. The van der Waals surface area contributed by atoms with Crippen LogP contribution in [-0.4, -0.2) is 80.6 Å². The predicted molar refractivity (Wildman–Crippen MR) is 201 cm³/mol. The van der Waals surface area contributed by atoms with Crippen molar-refractivity contribution >= 4 is 17.9 Å². The number of unbranched alkanes of at least 4 members (excludes halogenated alkanes) is 14. The summed E-state index contributed by atoms with van der Waals surface area (Å²) >= 11 is 0. The van der Waals surface area contributed by atoms with Gasteiger partial charge in [0.05, 0.1) is 34.4 Å². The Labute approximate surface area is 299 Å². The molecule has 0 heterocycles. The first kappa shape index (κ1) is 46.3. The molecule has 0 saturated heterocycles. The van der Waals surface area contributed by atoms with E-state index in [0.717, 1.165) is 51.4 Å². The Bertz CT molecular complexity index is 948. The van der Waals surface area contributed by atoms with Gasteiger partial charge in [-0.05, 0) is 32.1 Å². The largest absolute Gasteiger partial charge is 0.477 e. The molecule has 0 fully saturated rings. The summed E-state index contributed by atoms with van der Waals surface area (Å²) in [4.78, 5) is 36.7. The highest BCUT2D eigenvalue weighted by atomic mass is 16.6. The Balaban J connectivity index is 4.49. The molecule has 0 aromatic heterocycles. The standard InChI is InChI=1S/C41H71NO7/c1-6-8-10-12-14-16-18-20-22-23-25-27-29-31-39(43)48-36-37(35-47-34-33-38(41(45)46)42(3,4)5)49-40(44)32-30-28-26-24-21-19-17-15-13-11-9-7-2/h8,10,12,14,16,18,20,22,37-38H,6-7,9,11,13,15,17,19,21,23-36H2,1-5H3/p+1/b10-8+,14-12+,18-16+,22-20+. The number of carboxylic acids is 1. The van der Waals surface area contributed by atoms with E-state index in [1.165, 1.54) is 57.8 Å². The number of likely N-dealkylation sites (N-methyl/N-ethyl adjacent to an activating group) is 1. The van der Waals surface area contributed by atoms with Crippen molar-refractivity contribution in [2.24, 2.45) is 0 Å². The van der Waals surface area contributed by atoms with Crippen molar-refractivity contribution in [1.82, 2.24) is 0 Å². The number of nitrogens with zero attached hydrogens (tertiary/aromatic N) is 1. The first-order chi connectivity index (χ1) is 23.6. The number of allylic oxidation sites excluding steroid dienone is 8. The SMILES string of the molecule is CC/C=C/C=C/C=C/C=C/CCCCCC(=O)OCC(COCCC(C(=O)O)[N+](C)(C)C)OC(=O)CCCCCCCCCCCCCC. The zero-order valence-corrected chi connectivity index (χ0v) is 31.9. The number of carbonyl (C=O) groups is 3. The minimum Gasteiger partial charge on any atom is -0.477 e. The summed E-state index contributed by atoms with van der Waals surface area (Å²) in [5.41, 5.74) is 0. The van der Waals surface area contributed by atoms with E-state index in [1.54, 1.807) is 0 Å². The van der Waals surface area contributed by atoms with Crippen LogP contribution >= 0.6 is 0 Å². The van der Waals surface area contributed by atoms with Crippen LogP contribution in [-0.2, 0) is 28.6 Å². The molecule has 2 unspecified atom stereocenters. The second-order valence-corrected chi connectivity index (χ2v) is 13.9. The van der Waals surface area contributed by atoms with Crippen molar-refractivity contribution < 1.29 is 38.2 Å². The number of hydrogen-bond acceptors (Lipinski definition) is 6. The second kappa shape index (κ2) is 32.5. The van der Waals surface area contributed by atoms with Crippen LogP contribution in [0, 0.1) is 0 Å². The fraction of sp³-hybridized carbons (Fsp3) is 0.732. The zero-order chi connectivity index (χ0) is 36.4. The molecule has 1 N–H and O–H groups in total. The number of carboxylic acid groups (broad SMARTS) is 1. The van der Waals surface area contributed by atoms with Gasteiger partial charge in [-0.3, -0.25) is 9.59 Å². The van der Waals surface area contributed by atoms with Crippen LogP contribution in [0.4, 0.5) is 0 Å². The Kier molecular flexibility index (Phi) is 30.7. The number of esters is 2. The molecular weight excluding hydrogens is 618 g/mol. The lowest BCUT2D eigenvalue weighted by atomic mass is 10.0. The minimum atomic E-state index is -0.883. The number of carbonyl (C=O) groups excluding carboxylic acids is 2. The Morgan fingerprint density at radius 3 is 1.69 bits per heavy atom. The normalized spacial score (nSPS) is 13.6. The maximum absolute atomic E-state index is 12.6. The molecule has 0 aliphatic heterocycles.